The number of alkyl halides is 3. The first kappa shape index (κ1) is 13.0. The number of aromatic nitrogens is 1. The van der Waals surface area contributed by atoms with Gasteiger partial charge >= 0.3 is 6.18 Å². The van der Waals surface area contributed by atoms with Crippen LogP contribution in [0, 0.1) is 19.3 Å². The van der Waals surface area contributed by atoms with E-state index in [4.69, 9.17) is 6.42 Å². The van der Waals surface area contributed by atoms with Gasteiger partial charge in [0.15, 0.2) is 0 Å². The zero-order valence-corrected chi connectivity index (χ0v) is 8.93. The van der Waals surface area contributed by atoms with E-state index in [-0.39, 0.29) is 17.9 Å². The van der Waals surface area contributed by atoms with Crippen molar-refractivity contribution in [2.24, 2.45) is 0 Å². The maximum Gasteiger partial charge on any atom is 0.416 e. The first-order chi connectivity index (χ1) is 7.84. The lowest BCUT2D eigenvalue weighted by molar-refractivity contribution is -0.137. The SMILES string of the molecule is C#CCNC(=O)c1cc(C(F)(F)F)cc(C)n1. The van der Waals surface area contributed by atoms with E-state index in [9.17, 15) is 18.0 Å². The molecule has 1 amide bonds. The predicted molar refractivity (Wildman–Crippen MR) is 55.1 cm³/mol. The molecule has 90 valence electrons. The molecule has 0 saturated carbocycles. The van der Waals surface area contributed by atoms with Crippen LogP contribution in [0.5, 0.6) is 0 Å². The largest absolute Gasteiger partial charge is 0.416 e. The number of carbonyl (C=O) groups excluding carboxylic acids is 1. The lowest BCUT2D eigenvalue weighted by Gasteiger charge is -2.09. The number of halogens is 3. The van der Waals surface area contributed by atoms with Gasteiger partial charge in [0.05, 0.1) is 12.1 Å². The normalized spacial score (nSPS) is 10.8. The number of rotatable bonds is 2. The molecule has 1 N–H and O–H groups in total. The van der Waals surface area contributed by atoms with Crippen LogP contribution in [0.2, 0.25) is 0 Å². The summed E-state index contributed by atoms with van der Waals surface area (Å²) in [6.07, 6.45) is 0.414. The molecule has 17 heavy (non-hydrogen) atoms. The molecule has 0 saturated heterocycles. The van der Waals surface area contributed by atoms with Gasteiger partial charge in [-0.3, -0.25) is 4.79 Å². The molecular formula is C11H9F3N2O. The second kappa shape index (κ2) is 4.87. The molecule has 0 fully saturated rings. The van der Waals surface area contributed by atoms with Gasteiger partial charge in [0.1, 0.15) is 5.69 Å². The fraction of sp³-hybridized carbons (Fsp3) is 0.273. The Morgan fingerprint density at radius 1 is 1.53 bits per heavy atom. The maximum atomic E-state index is 12.5. The van der Waals surface area contributed by atoms with Gasteiger partial charge < -0.3 is 5.32 Å². The average Bonchev–Trinajstić information content (AvgIpc) is 2.23. The topological polar surface area (TPSA) is 42.0 Å². The first-order valence-electron chi connectivity index (χ1n) is 4.62. The summed E-state index contributed by atoms with van der Waals surface area (Å²) in [6.45, 7) is 1.32. The van der Waals surface area contributed by atoms with E-state index in [0.29, 0.717) is 6.07 Å². The van der Waals surface area contributed by atoms with E-state index in [1.54, 1.807) is 0 Å². The van der Waals surface area contributed by atoms with E-state index < -0.39 is 17.6 Å². The van der Waals surface area contributed by atoms with Crippen LogP contribution >= 0.6 is 0 Å². The molecule has 0 radical (unpaired) electrons. The number of pyridine rings is 1. The van der Waals surface area contributed by atoms with Gasteiger partial charge in [-0.1, -0.05) is 5.92 Å². The van der Waals surface area contributed by atoms with Crippen LogP contribution in [-0.4, -0.2) is 17.4 Å². The molecule has 0 aliphatic rings. The number of aryl methyl sites for hydroxylation is 1. The summed E-state index contributed by atoms with van der Waals surface area (Å²) in [6, 6.07) is 1.57. The van der Waals surface area contributed by atoms with Gasteiger partial charge in [-0.25, -0.2) is 4.98 Å². The molecule has 0 atom stereocenters. The second-order valence-electron chi connectivity index (χ2n) is 3.27. The lowest BCUT2D eigenvalue weighted by Crippen LogP contribution is -2.25. The third-order valence-electron chi connectivity index (χ3n) is 1.86. The highest BCUT2D eigenvalue weighted by Gasteiger charge is 2.31. The number of hydrogen-bond donors (Lipinski definition) is 1. The Morgan fingerprint density at radius 3 is 2.71 bits per heavy atom. The molecule has 0 unspecified atom stereocenters. The molecule has 3 nitrogen and oxygen atoms in total. The Morgan fingerprint density at radius 2 is 2.18 bits per heavy atom. The summed E-state index contributed by atoms with van der Waals surface area (Å²) < 4.78 is 37.4. The Balaban J connectivity index is 3.06. The van der Waals surface area contributed by atoms with Gasteiger partial charge in [0.2, 0.25) is 0 Å². The smallest absolute Gasteiger partial charge is 0.340 e. The number of nitrogens with zero attached hydrogens (tertiary/aromatic N) is 1. The zero-order valence-electron chi connectivity index (χ0n) is 8.93. The molecule has 0 aliphatic carbocycles. The summed E-state index contributed by atoms with van der Waals surface area (Å²) in [5, 5.41) is 2.25. The van der Waals surface area contributed by atoms with Crippen molar-refractivity contribution in [3.05, 3.63) is 29.1 Å². The van der Waals surface area contributed by atoms with E-state index in [2.05, 4.69) is 16.2 Å². The Bertz CT molecular complexity index is 475. The van der Waals surface area contributed by atoms with Gasteiger partial charge in [-0.05, 0) is 19.1 Å². The van der Waals surface area contributed by atoms with Crippen LogP contribution in [0.3, 0.4) is 0 Å². The highest BCUT2D eigenvalue weighted by Crippen LogP contribution is 2.29. The van der Waals surface area contributed by atoms with Crippen LogP contribution in [0.1, 0.15) is 21.7 Å². The average molecular weight is 242 g/mol. The summed E-state index contributed by atoms with van der Waals surface area (Å²) in [5.41, 5.74) is -1.09. The predicted octanol–water partition coefficient (Wildman–Crippen LogP) is 1.77. The van der Waals surface area contributed by atoms with Crippen LogP contribution in [0.15, 0.2) is 12.1 Å². The van der Waals surface area contributed by atoms with Gasteiger partial charge in [-0.2, -0.15) is 13.2 Å². The van der Waals surface area contributed by atoms with Crippen molar-refractivity contribution in [2.45, 2.75) is 13.1 Å². The fourth-order valence-corrected chi connectivity index (χ4v) is 1.17. The minimum absolute atomic E-state index is 0.0597. The Hall–Kier alpha value is -2.03. The van der Waals surface area contributed by atoms with Crippen molar-refractivity contribution in [3.8, 4) is 12.3 Å². The van der Waals surface area contributed by atoms with Gasteiger partial charge in [-0.15, -0.1) is 6.42 Å². The molecule has 1 rings (SSSR count). The van der Waals surface area contributed by atoms with Crippen LogP contribution < -0.4 is 5.32 Å². The van der Waals surface area contributed by atoms with Gasteiger partial charge in [0, 0.05) is 5.69 Å². The van der Waals surface area contributed by atoms with Crippen molar-refractivity contribution in [1.29, 1.82) is 0 Å². The molecule has 6 heteroatoms. The van der Waals surface area contributed by atoms with Crippen molar-refractivity contribution in [3.63, 3.8) is 0 Å². The van der Waals surface area contributed by atoms with Gasteiger partial charge in [0.25, 0.3) is 5.91 Å². The third-order valence-corrected chi connectivity index (χ3v) is 1.86. The molecule has 0 aliphatic heterocycles. The number of terminal acetylenes is 1. The van der Waals surface area contributed by atoms with E-state index in [1.165, 1.54) is 6.92 Å². The minimum Gasteiger partial charge on any atom is -0.340 e. The van der Waals surface area contributed by atoms with Crippen molar-refractivity contribution >= 4 is 5.91 Å². The zero-order chi connectivity index (χ0) is 13.1. The molecule has 1 aromatic rings. The molecule has 1 aromatic heterocycles. The molecule has 0 bridgehead atoms. The maximum absolute atomic E-state index is 12.5. The van der Waals surface area contributed by atoms with E-state index in [0.717, 1.165) is 6.07 Å². The molecule has 0 spiro atoms. The number of nitrogens with one attached hydrogen (secondary N) is 1. The highest BCUT2D eigenvalue weighted by atomic mass is 19.4. The van der Waals surface area contributed by atoms with Crippen molar-refractivity contribution in [1.82, 2.24) is 10.3 Å². The van der Waals surface area contributed by atoms with Crippen LogP contribution in [-0.2, 0) is 6.18 Å². The molecule has 0 aromatic carbocycles. The summed E-state index contributed by atoms with van der Waals surface area (Å²) in [5.74, 6) is 1.42. The molecule has 1 heterocycles. The van der Waals surface area contributed by atoms with E-state index in [1.807, 2.05) is 0 Å². The van der Waals surface area contributed by atoms with E-state index >= 15 is 0 Å². The third kappa shape index (κ3) is 3.48. The lowest BCUT2D eigenvalue weighted by atomic mass is 10.2. The standard InChI is InChI=1S/C11H9F3N2O/c1-3-4-15-10(17)9-6-8(11(12,13)14)5-7(2)16-9/h1,5-6H,4H2,2H3,(H,15,17). The van der Waals surface area contributed by atoms with Crippen molar-refractivity contribution in [2.75, 3.05) is 6.54 Å². The van der Waals surface area contributed by atoms with Crippen LogP contribution in [0.25, 0.3) is 0 Å². The summed E-state index contributed by atoms with van der Waals surface area (Å²) in [4.78, 5) is 15.1. The number of hydrogen-bond acceptors (Lipinski definition) is 2. The Labute approximate surface area is 96.0 Å². The second-order valence-corrected chi connectivity index (χ2v) is 3.27. The number of carbonyl (C=O) groups is 1. The van der Waals surface area contributed by atoms with Crippen molar-refractivity contribution < 1.29 is 18.0 Å². The summed E-state index contributed by atoms with van der Waals surface area (Å²) >= 11 is 0. The first-order valence-corrected chi connectivity index (χ1v) is 4.62. The highest BCUT2D eigenvalue weighted by molar-refractivity contribution is 5.92. The summed E-state index contributed by atoms with van der Waals surface area (Å²) in [7, 11) is 0. The monoisotopic (exact) mass is 242 g/mol. The Kier molecular flexibility index (Phi) is 3.73. The molecular weight excluding hydrogens is 233 g/mol. The minimum atomic E-state index is -4.51. The van der Waals surface area contributed by atoms with Crippen LogP contribution in [0.4, 0.5) is 13.2 Å². The number of amides is 1. The fourth-order valence-electron chi connectivity index (χ4n) is 1.17. The quantitative estimate of drug-likeness (QED) is 0.803.